The molecule has 0 fully saturated rings. The molecular formula is C20H21BrN2O5. The lowest BCUT2D eigenvalue weighted by Gasteiger charge is -2.21. The van der Waals surface area contributed by atoms with Gasteiger partial charge < -0.3 is 24.8 Å². The number of methoxy groups -OCH3 is 1. The molecule has 1 heterocycles. The zero-order chi connectivity index (χ0) is 20.1. The van der Waals surface area contributed by atoms with Gasteiger partial charge in [-0.05, 0) is 33.6 Å². The Morgan fingerprint density at radius 1 is 1.14 bits per heavy atom. The number of nitrogens with one attached hydrogen (secondary N) is 2. The maximum absolute atomic E-state index is 12.6. The molecular weight excluding hydrogens is 428 g/mol. The minimum Gasteiger partial charge on any atom is -0.497 e. The van der Waals surface area contributed by atoms with Gasteiger partial charge in [-0.3, -0.25) is 9.59 Å². The quantitative estimate of drug-likeness (QED) is 0.706. The minimum absolute atomic E-state index is 0.0762. The minimum atomic E-state index is -0.459. The van der Waals surface area contributed by atoms with Crippen molar-refractivity contribution < 1.29 is 23.8 Å². The molecule has 8 heteroatoms. The molecule has 0 bridgehead atoms. The average Bonchev–Trinajstić information content (AvgIpc) is 2.68. The van der Waals surface area contributed by atoms with Crippen molar-refractivity contribution in [1.82, 2.24) is 5.32 Å². The van der Waals surface area contributed by atoms with Crippen molar-refractivity contribution in [3.8, 4) is 17.2 Å². The Kier molecular flexibility index (Phi) is 6.41. The Hall–Kier alpha value is -2.74. The second-order valence-electron chi connectivity index (χ2n) is 6.25. The fraction of sp³-hybridized carbons (Fsp3) is 0.300. The van der Waals surface area contributed by atoms with Crippen LogP contribution < -0.4 is 24.8 Å². The highest BCUT2D eigenvalue weighted by Gasteiger charge is 2.20. The summed E-state index contributed by atoms with van der Waals surface area (Å²) < 4.78 is 16.9. The number of rotatable bonds is 6. The van der Waals surface area contributed by atoms with E-state index in [4.69, 9.17) is 14.2 Å². The van der Waals surface area contributed by atoms with Crippen molar-refractivity contribution in [2.75, 3.05) is 25.6 Å². The van der Waals surface area contributed by atoms with Crippen molar-refractivity contribution >= 4 is 33.4 Å². The number of carbonyl (C=O) groups is 2. The van der Waals surface area contributed by atoms with Crippen LogP contribution in [0.3, 0.4) is 0 Å². The fourth-order valence-corrected chi connectivity index (χ4v) is 3.30. The standard InChI is InChI=1S/C20H21BrN2O5/c1-12(24)22-16(13-3-5-14(26-2)6-4-13)11-20(25)23-17-10-19-18(9-15(17)21)27-7-8-28-19/h3-6,9-10,16H,7-8,11H2,1-2H3,(H,22,24)(H,23,25). The molecule has 2 aromatic rings. The third-order valence-corrected chi connectivity index (χ3v) is 4.85. The number of carbonyl (C=O) groups excluding carboxylic acids is 2. The molecule has 0 saturated carbocycles. The van der Waals surface area contributed by atoms with Crippen LogP contribution in [0.4, 0.5) is 5.69 Å². The highest BCUT2D eigenvalue weighted by Crippen LogP contribution is 2.38. The first-order chi connectivity index (χ1) is 13.5. The zero-order valence-electron chi connectivity index (χ0n) is 15.6. The summed E-state index contributed by atoms with van der Waals surface area (Å²) in [5.41, 5.74) is 1.39. The normalized spacial score (nSPS) is 13.4. The van der Waals surface area contributed by atoms with Crippen LogP contribution in [-0.4, -0.2) is 32.1 Å². The summed E-state index contributed by atoms with van der Waals surface area (Å²) in [5.74, 6) is 1.46. The van der Waals surface area contributed by atoms with Crippen molar-refractivity contribution in [3.05, 3.63) is 46.4 Å². The first kappa shape index (κ1) is 20.0. The SMILES string of the molecule is COc1ccc(C(CC(=O)Nc2cc3c(cc2Br)OCCO3)NC(C)=O)cc1. The van der Waals surface area contributed by atoms with Crippen molar-refractivity contribution in [1.29, 1.82) is 0 Å². The fourth-order valence-electron chi connectivity index (χ4n) is 2.88. The number of fused-ring (bicyclic) bond motifs is 1. The lowest BCUT2D eigenvalue weighted by atomic mass is 10.0. The molecule has 1 unspecified atom stereocenters. The van der Waals surface area contributed by atoms with Crippen LogP contribution in [-0.2, 0) is 9.59 Å². The summed E-state index contributed by atoms with van der Waals surface area (Å²) in [5, 5.41) is 5.68. The smallest absolute Gasteiger partial charge is 0.226 e. The Bertz CT molecular complexity index is 870. The Balaban J connectivity index is 1.73. The molecule has 2 N–H and O–H groups in total. The lowest BCUT2D eigenvalue weighted by molar-refractivity contribution is -0.120. The van der Waals surface area contributed by atoms with E-state index in [-0.39, 0.29) is 18.2 Å². The van der Waals surface area contributed by atoms with E-state index in [0.717, 1.165) is 5.56 Å². The summed E-state index contributed by atoms with van der Waals surface area (Å²) in [7, 11) is 1.58. The molecule has 0 radical (unpaired) electrons. The van der Waals surface area contributed by atoms with E-state index in [9.17, 15) is 9.59 Å². The number of hydrogen-bond donors (Lipinski definition) is 2. The third kappa shape index (κ3) is 4.95. The number of hydrogen-bond acceptors (Lipinski definition) is 5. The molecule has 1 aliphatic rings. The molecule has 0 saturated heterocycles. The summed E-state index contributed by atoms with van der Waals surface area (Å²) in [6.45, 7) is 2.38. The maximum Gasteiger partial charge on any atom is 0.226 e. The average molecular weight is 449 g/mol. The summed E-state index contributed by atoms with van der Waals surface area (Å²) in [6.07, 6.45) is 0.0762. The van der Waals surface area contributed by atoms with Crippen LogP contribution in [0, 0.1) is 0 Å². The maximum atomic E-state index is 12.6. The van der Waals surface area contributed by atoms with Crippen molar-refractivity contribution in [2.45, 2.75) is 19.4 Å². The second-order valence-corrected chi connectivity index (χ2v) is 7.11. The van der Waals surface area contributed by atoms with Crippen LogP contribution >= 0.6 is 15.9 Å². The summed E-state index contributed by atoms with van der Waals surface area (Å²) in [6, 6.07) is 10.3. The molecule has 1 aliphatic heterocycles. The molecule has 28 heavy (non-hydrogen) atoms. The lowest BCUT2D eigenvalue weighted by Crippen LogP contribution is -2.29. The molecule has 7 nitrogen and oxygen atoms in total. The molecule has 148 valence electrons. The van der Waals surface area contributed by atoms with Crippen molar-refractivity contribution in [2.24, 2.45) is 0 Å². The van der Waals surface area contributed by atoms with Gasteiger partial charge in [0.05, 0.1) is 25.3 Å². The summed E-state index contributed by atoms with van der Waals surface area (Å²) in [4.78, 5) is 24.2. The first-order valence-electron chi connectivity index (χ1n) is 8.76. The molecule has 0 aliphatic carbocycles. The highest BCUT2D eigenvalue weighted by molar-refractivity contribution is 9.10. The van der Waals surface area contributed by atoms with Crippen molar-refractivity contribution in [3.63, 3.8) is 0 Å². The van der Waals surface area contributed by atoms with Crippen LogP contribution in [0.5, 0.6) is 17.2 Å². The third-order valence-electron chi connectivity index (χ3n) is 4.19. The van der Waals surface area contributed by atoms with E-state index in [1.165, 1.54) is 6.92 Å². The predicted molar refractivity (Wildman–Crippen MR) is 108 cm³/mol. The first-order valence-corrected chi connectivity index (χ1v) is 9.55. The number of amides is 2. The molecule has 0 aromatic heterocycles. The Labute approximate surface area is 171 Å². The number of benzene rings is 2. The number of ether oxygens (including phenoxy) is 3. The van der Waals surface area contributed by atoms with E-state index in [1.807, 2.05) is 12.1 Å². The largest absolute Gasteiger partial charge is 0.497 e. The second kappa shape index (κ2) is 8.97. The van der Waals surface area contributed by atoms with Gasteiger partial charge in [-0.1, -0.05) is 12.1 Å². The van der Waals surface area contributed by atoms with E-state index >= 15 is 0 Å². The summed E-state index contributed by atoms with van der Waals surface area (Å²) >= 11 is 3.44. The Morgan fingerprint density at radius 3 is 2.39 bits per heavy atom. The molecule has 2 amide bonds. The number of halogens is 1. The van der Waals surface area contributed by atoms with Gasteiger partial charge in [-0.2, -0.15) is 0 Å². The van der Waals surface area contributed by atoms with E-state index in [2.05, 4.69) is 26.6 Å². The van der Waals surface area contributed by atoms with E-state index in [0.29, 0.717) is 40.6 Å². The number of anilines is 1. The van der Waals surface area contributed by atoms with Crippen LogP contribution in [0.1, 0.15) is 24.9 Å². The highest BCUT2D eigenvalue weighted by atomic mass is 79.9. The van der Waals surface area contributed by atoms with Gasteiger partial charge in [0, 0.05) is 23.5 Å². The van der Waals surface area contributed by atoms with Gasteiger partial charge in [0.2, 0.25) is 11.8 Å². The van der Waals surface area contributed by atoms with E-state index in [1.54, 1.807) is 31.4 Å². The predicted octanol–water partition coefficient (Wildman–Crippen LogP) is 3.43. The van der Waals surface area contributed by atoms with Gasteiger partial charge in [0.1, 0.15) is 19.0 Å². The topological polar surface area (TPSA) is 85.9 Å². The molecule has 1 atom stereocenters. The molecule has 0 spiro atoms. The monoisotopic (exact) mass is 448 g/mol. The van der Waals surface area contributed by atoms with Crippen LogP contribution in [0.15, 0.2) is 40.9 Å². The van der Waals surface area contributed by atoms with Gasteiger partial charge in [-0.25, -0.2) is 0 Å². The van der Waals surface area contributed by atoms with Gasteiger partial charge in [0.15, 0.2) is 11.5 Å². The van der Waals surface area contributed by atoms with Crippen LogP contribution in [0.25, 0.3) is 0 Å². The Morgan fingerprint density at radius 2 is 1.79 bits per heavy atom. The van der Waals surface area contributed by atoms with Gasteiger partial charge in [0.25, 0.3) is 0 Å². The van der Waals surface area contributed by atoms with Gasteiger partial charge >= 0.3 is 0 Å². The molecule has 2 aromatic carbocycles. The van der Waals surface area contributed by atoms with E-state index < -0.39 is 6.04 Å². The molecule has 3 rings (SSSR count). The van der Waals surface area contributed by atoms with Crippen LogP contribution in [0.2, 0.25) is 0 Å². The zero-order valence-corrected chi connectivity index (χ0v) is 17.2. The van der Waals surface area contributed by atoms with Gasteiger partial charge in [-0.15, -0.1) is 0 Å².